The van der Waals surface area contributed by atoms with Crippen molar-refractivity contribution < 1.29 is 18.6 Å². The molecule has 0 spiro atoms. The number of imidazole rings is 1. The van der Waals surface area contributed by atoms with E-state index in [0.29, 0.717) is 34.5 Å². The fourth-order valence-corrected chi connectivity index (χ4v) is 6.79. The number of aryl methyl sites for hydroxylation is 1. The zero-order valence-electron chi connectivity index (χ0n) is 25.1. The Bertz CT molecular complexity index is 1900. The predicted molar refractivity (Wildman–Crippen MR) is 166 cm³/mol. The molecule has 3 aliphatic rings. The highest BCUT2D eigenvalue weighted by Crippen LogP contribution is 2.50. The van der Waals surface area contributed by atoms with E-state index in [1.807, 2.05) is 31.3 Å². The lowest BCUT2D eigenvalue weighted by molar-refractivity contribution is -0.0712. The number of para-hydroxylation sites is 1. The number of H-pyrrole nitrogens is 1. The van der Waals surface area contributed by atoms with E-state index in [1.54, 1.807) is 19.1 Å². The van der Waals surface area contributed by atoms with Gasteiger partial charge in [0.15, 0.2) is 23.0 Å². The molecule has 8 rings (SSSR count). The molecule has 2 aromatic carbocycles. The number of nitrogens with one attached hydrogen (secondary N) is 1. The number of pyridine rings is 1. The van der Waals surface area contributed by atoms with Crippen LogP contribution in [0.5, 0.6) is 11.5 Å². The van der Waals surface area contributed by atoms with Gasteiger partial charge >= 0.3 is 0 Å². The molecule has 6 heterocycles. The first kappa shape index (κ1) is 28.4. The second-order valence-electron chi connectivity index (χ2n) is 12.2. The van der Waals surface area contributed by atoms with E-state index in [-0.39, 0.29) is 12.0 Å². The molecule has 2 unspecified atom stereocenters. The van der Waals surface area contributed by atoms with E-state index >= 15 is 0 Å². The Morgan fingerprint density at radius 3 is 2.67 bits per heavy atom. The Hall–Kier alpha value is -4.06. The molecule has 1 N–H and O–H groups in total. The van der Waals surface area contributed by atoms with Gasteiger partial charge in [0.05, 0.1) is 24.8 Å². The number of fused-ring (bicyclic) bond motifs is 2. The van der Waals surface area contributed by atoms with Gasteiger partial charge in [-0.05, 0) is 75.5 Å². The van der Waals surface area contributed by atoms with Crippen molar-refractivity contribution in [3.05, 3.63) is 82.3 Å². The van der Waals surface area contributed by atoms with Crippen molar-refractivity contribution in [2.45, 2.75) is 64.0 Å². The van der Waals surface area contributed by atoms with E-state index in [1.165, 1.54) is 6.07 Å². The Morgan fingerprint density at radius 2 is 1.93 bits per heavy atom. The van der Waals surface area contributed by atoms with Crippen LogP contribution in [-0.2, 0) is 23.6 Å². The summed E-state index contributed by atoms with van der Waals surface area (Å²) in [7, 11) is 0. The number of hydrogen-bond acceptors (Lipinski definition) is 8. The van der Waals surface area contributed by atoms with Crippen LogP contribution < -0.4 is 9.47 Å². The van der Waals surface area contributed by atoms with Gasteiger partial charge in [0.2, 0.25) is 0 Å². The Balaban J connectivity index is 1.000. The van der Waals surface area contributed by atoms with E-state index in [2.05, 4.69) is 30.7 Å². The van der Waals surface area contributed by atoms with Crippen molar-refractivity contribution in [3.63, 3.8) is 0 Å². The number of hydrogen-bond donors (Lipinski definition) is 1. The summed E-state index contributed by atoms with van der Waals surface area (Å²) in [5.41, 5.74) is 3.93. The first-order chi connectivity index (χ1) is 21.8. The number of likely N-dealkylation sites (tertiary alicyclic amines) is 1. The van der Waals surface area contributed by atoms with Crippen LogP contribution in [0.2, 0.25) is 5.02 Å². The number of benzene rings is 2. The van der Waals surface area contributed by atoms with Crippen LogP contribution in [0.3, 0.4) is 0 Å². The molecule has 5 aromatic rings. The minimum absolute atomic E-state index is 0.179. The Morgan fingerprint density at radius 1 is 1.09 bits per heavy atom. The fraction of sp³-hybridized carbons (Fsp3) is 0.394. The van der Waals surface area contributed by atoms with Gasteiger partial charge in [-0.15, -0.1) is 0 Å². The van der Waals surface area contributed by atoms with Crippen molar-refractivity contribution in [1.82, 2.24) is 34.6 Å². The summed E-state index contributed by atoms with van der Waals surface area (Å²) in [5, 5.41) is 7.52. The van der Waals surface area contributed by atoms with E-state index in [0.717, 1.165) is 79.4 Å². The van der Waals surface area contributed by atoms with Crippen molar-refractivity contribution in [3.8, 4) is 22.9 Å². The maximum absolute atomic E-state index is 14.9. The lowest BCUT2D eigenvalue weighted by atomic mass is 9.88. The standard InChI is InChI=1S/C33H33ClFN7O3/c1-19-37-31(40-39-19)21-14-27-32(36-16-21)42(17-23-10-13-43-23)29(38-27)18-41-11-8-20(9-12-41)24-4-3-5-28-30(24)45-33(2,44-28)25-7-6-22(34)15-26(25)35/h3-7,14-16,20,23H,8-13,17-18H2,1-2H3,(H,37,39,40). The van der Waals surface area contributed by atoms with Crippen molar-refractivity contribution in [2.24, 2.45) is 0 Å². The quantitative estimate of drug-likeness (QED) is 0.229. The minimum Gasteiger partial charge on any atom is -0.444 e. The molecule has 0 amide bonds. The van der Waals surface area contributed by atoms with Gasteiger partial charge in [-0.3, -0.25) is 10.00 Å². The van der Waals surface area contributed by atoms with Gasteiger partial charge in [0.25, 0.3) is 5.79 Å². The highest BCUT2D eigenvalue weighted by atomic mass is 35.5. The van der Waals surface area contributed by atoms with Crippen LogP contribution in [0.4, 0.5) is 4.39 Å². The maximum atomic E-state index is 14.9. The molecular weight excluding hydrogens is 597 g/mol. The molecule has 2 saturated heterocycles. The smallest absolute Gasteiger partial charge is 0.278 e. The van der Waals surface area contributed by atoms with E-state index in [9.17, 15) is 4.39 Å². The highest BCUT2D eigenvalue weighted by Gasteiger charge is 2.43. The third-order valence-corrected chi connectivity index (χ3v) is 9.36. The summed E-state index contributed by atoms with van der Waals surface area (Å²) in [5.74, 6) is 2.23. The van der Waals surface area contributed by atoms with Gasteiger partial charge in [0.1, 0.15) is 23.0 Å². The second-order valence-corrected chi connectivity index (χ2v) is 12.7. The van der Waals surface area contributed by atoms with Crippen molar-refractivity contribution in [2.75, 3.05) is 19.7 Å². The summed E-state index contributed by atoms with van der Waals surface area (Å²) in [4.78, 5) is 16.8. The molecule has 0 saturated carbocycles. The fourth-order valence-electron chi connectivity index (χ4n) is 6.64. The molecule has 0 bridgehead atoms. The molecule has 2 atom stereocenters. The molecule has 232 valence electrons. The molecule has 3 aliphatic heterocycles. The summed E-state index contributed by atoms with van der Waals surface area (Å²) in [6.07, 6.45) is 4.93. The summed E-state index contributed by atoms with van der Waals surface area (Å²) >= 11 is 5.99. The van der Waals surface area contributed by atoms with E-state index < -0.39 is 11.6 Å². The van der Waals surface area contributed by atoms with Gasteiger partial charge in [-0.1, -0.05) is 23.7 Å². The number of rotatable bonds is 7. The third-order valence-electron chi connectivity index (χ3n) is 9.12. The van der Waals surface area contributed by atoms with Crippen LogP contribution in [0.1, 0.15) is 54.9 Å². The van der Waals surface area contributed by atoms with Crippen molar-refractivity contribution in [1.29, 1.82) is 0 Å². The number of aromatic amines is 1. The first-order valence-electron chi connectivity index (χ1n) is 15.4. The van der Waals surface area contributed by atoms with Crippen molar-refractivity contribution >= 4 is 22.8 Å². The molecule has 12 heteroatoms. The molecular formula is C33H33ClFN7O3. The molecule has 45 heavy (non-hydrogen) atoms. The van der Waals surface area contributed by atoms with Crippen LogP contribution in [0, 0.1) is 12.7 Å². The van der Waals surface area contributed by atoms with Gasteiger partial charge in [0, 0.05) is 35.9 Å². The molecule has 3 aromatic heterocycles. The highest BCUT2D eigenvalue weighted by molar-refractivity contribution is 6.30. The predicted octanol–water partition coefficient (Wildman–Crippen LogP) is 6.13. The average Bonchev–Trinajstić information content (AvgIpc) is 3.69. The van der Waals surface area contributed by atoms with Crippen LogP contribution in [0.25, 0.3) is 22.6 Å². The number of nitrogens with zero attached hydrogens (tertiary/aromatic N) is 6. The molecule has 0 radical (unpaired) electrons. The lowest BCUT2D eigenvalue weighted by Gasteiger charge is -2.33. The second kappa shape index (κ2) is 11.1. The molecule has 10 nitrogen and oxygen atoms in total. The topological polar surface area (TPSA) is 103 Å². The zero-order chi connectivity index (χ0) is 30.7. The minimum atomic E-state index is -1.27. The zero-order valence-corrected chi connectivity index (χ0v) is 25.9. The Kier molecular flexibility index (Phi) is 7.00. The SMILES string of the molecule is Cc1nc(-c2cnc3c(c2)nc(CN2CCC(c4cccc5c4OC(C)(c4ccc(Cl)cc4F)O5)CC2)n3CC2CCO2)n[nH]1. The monoisotopic (exact) mass is 629 g/mol. The third kappa shape index (κ3) is 5.22. The van der Waals surface area contributed by atoms with Crippen LogP contribution >= 0.6 is 11.6 Å². The lowest BCUT2D eigenvalue weighted by Crippen LogP contribution is -2.35. The van der Waals surface area contributed by atoms with Gasteiger partial charge in [-0.25, -0.2) is 19.3 Å². The maximum Gasteiger partial charge on any atom is 0.278 e. The van der Waals surface area contributed by atoms with E-state index in [4.69, 9.17) is 35.8 Å². The summed E-state index contributed by atoms with van der Waals surface area (Å²) in [6, 6.07) is 12.5. The largest absolute Gasteiger partial charge is 0.444 e. The molecule has 0 aliphatic carbocycles. The number of aromatic nitrogens is 6. The normalized spacial score (nSPS) is 21.8. The number of piperidine rings is 1. The first-order valence-corrected chi connectivity index (χ1v) is 15.8. The van der Waals surface area contributed by atoms with Crippen LogP contribution in [0.15, 0.2) is 48.7 Å². The average molecular weight is 630 g/mol. The summed E-state index contributed by atoms with van der Waals surface area (Å²) < 4.78 is 35.5. The number of ether oxygens (including phenoxy) is 3. The molecule has 2 fully saturated rings. The van der Waals surface area contributed by atoms with Crippen LogP contribution in [-0.4, -0.2) is 60.4 Å². The number of halogens is 2. The van der Waals surface area contributed by atoms with Gasteiger partial charge in [-0.2, -0.15) is 5.10 Å². The summed E-state index contributed by atoms with van der Waals surface area (Å²) in [6.45, 7) is 7.67. The Labute approximate surface area is 264 Å². The van der Waals surface area contributed by atoms with Gasteiger partial charge < -0.3 is 18.8 Å².